The molecular formula is C34H37NO7S. The Morgan fingerprint density at radius 2 is 1.74 bits per heavy atom. The second-order valence-corrected chi connectivity index (χ2v) is 15.8. The van der Waals surface area contributed by atoms with Crippen molar-refractivity contribution in [1.29, 1.82) is 0 Å². The van der Waals surface area contributed by atoms with Gasteiger partial charge in [-0.15, -0.1) is 0 Å². The second kappa shape index (κ2) is 8.25. The molecule has 2 bridgehead atoms. The van der Waals surface area contributed by atoms with Crippen molar-refractivity contribution in [3.63, 3.8) is 0 Å². The number of hydrogen-bond acceptors (Lipinski definition) is 7. The van der Waals surface area contributed by atoms with Gasteiger partial charge in [0.2, 0.25) is 0 Å². The van der Waals surface area contributed by atoms with Crippen LogP contribution in [0.2, 0.25) is 0 Å². The Morgan fingerprint density at radius 1 is 1.02 bits per heavy atom. The van der Waals surface area contributed by atoms with Gasteiger partial charge in [0, 0.05) is 39.4 Å². The zero-order valence-corrected chi connectivity index (χ0v) is 25.9. The quantitative estimate of drug-likeness (QED) is 0.404. The van der Waals surface area contributed by atoms with E-state index in [1.165, 1.54) is 23.8 Å². The fraction of sp³-hybridized carbons (Fsp3) is 0.500. The highest BCUT2D eigenvalue weighted by atomic mass is 32.2. The summed E-state index contributed by atoms with van der Waals surface area (Å²) in [5, 5.41) is 14.5. The molecule has 1 saturated heterocycles. The highest BCUT2D eigenvalue weighted by molar-refractivity contribution is 7.86. The van der Waals surface area contributed by atoms with E-state index in [-0.39, 0.29) is 28.6 Å². The van der Waals surface area contributed by atoms with Crippen LogP contribution in [0.5, 0.6) is 0 Å². The van der Waals surface area contributed by atoms with Crippen LogP contribution in [0.15, 0.2) is 65.1 Å². The van der Waals surface area contributed by atoms with Crippen molar-refractivity contribution in [1.82, 2.24) is 4.98 Å². The van der Waals surface area contributed by atoms with E-state index in [2.05, 4.69) is 24.0 Å². The van der Waals surface area contributed by atoms with E-state index in [0.29, 0.717) is 12.8 Å². The van der Waals surface area contributed by atoms with E-state index in [9.17, 15) is 18.3 Å². The van der Waals surface area contributed by atoms with E-state index >= 15 is 0 Å². The molecule has 7 atom stereocenters. The summed E-state index contributed by atoms with van der Waals surface area (Å²) in [5.74, 6) is -1.67. The molecule has 9 heteroatoms. The predicted molar refractivity (Wildman–Crippen MR) is 159 cm³/mol. The lowest BCUT2D eigenvalue weighted by Crippen LogP contribution is -2.75. The molecule has 0 amide bonds. The zero-order chi connectivity index (χ0) is 30.4. The van der Waals surface area contributed by atoms with Crippen LogP contribution < -0.4 is 0 Å². The molecule has 226 valence electrons. The van der Waals surface area contributed by atoms with Crippen LogP contribution in [-0.4, -0.2) is 53.5 Å². The monoisotopic (exact) mass is 603 g/mol. The molecule has 8 rings (SSSR count). The molecule has 0 radical (unpaired) electrons. The number of ketones is 1. The molecule has 2 aliphatic heterocycles. The fourth-order valence-electron chi connectivity index (χ4n) is 9.42. The maximum absolute atomic E-state index is 13.8. The molecular weight excluding hydrogens is 566 g/mol. The number of para-hydroxylation sites is 1. The molecule has 2 N–H and O–H groups in total. The third-order valence-corrected chi connectivity index (χ3v) is 13.1. The first kappa shape index (κ1) is 27.7. The third kappa shape index (κ3) is 3.25. The van der Waals surface area contributed by atoms with Crippen molar-refractivity contribution in [3.8, 4) is 0 Å². The van der Waals surface area contributed by atoms with E-state index in [0.717, 1.165) is 28.6 Å². The molecule has 8 nitrogen and oxygen atoms in total. The second-order valence-electron chi connectivity index (χ2n) is 14.2. The van der Waals surface area contributed by atoms with Gasteiger partial charge in [-0.2, -0.15) is 8.42 Å². The number of ether oxygens (including phenoxy) is 2. The summed E-state index contributed by atoms with van der Waals surface area (Å²) < 4.78 is 46.8. The van der Waals surface area contributed by atoms with Crippen molar-refractivity contribution < 1.29 is 32.0 Å². The number of aromatic amines is 1. The largest absolute Gasteiger partial charge is 0.382 e. The maximum Gasteiger partial charge on any atom is 0.297 e. The minimum Gasteiger partial charge on any atom is -0.382 e. The number of carbonyl (C=O) groups excluding carboxylic acids is 1. The van der Waals surface area contributed by atoms with Gasteiger partial charge in [0.25, 0.3) is 10.1 Å². The van der Waals surface area contributed by atoms with Crippen LogP contribution in [0.3, 0.4) is 0 Å². The lowest BCUT2D eigenvalue weighted by atomic mass is 9.41. The SMILES string of the molecule is Cc1ccc(S(=O)(=O)O[C@H]2C[C@H]3Cc4c([nH]c5ccccc45)[C@]3(C)[C@@]3(C)CCC45O[C@@H](C(=O)C=C4[C@]23O)C(C)(C)O5)cc1. The van der Waals surface area contributed by atoms with Crippen molar-refractivity contribution in [2.45, 2.75) is 99.8 Å². The van der Waals surface area contributed by atoms with Crippen molar-refractivity contribution in [2.75, 3.05) is 0 Å². The Morgan fingerprint density at radius 3 is 2.49 bits per heavy atom. The number of fused-ring (bicyclic) bond motifs is 9. The average Bonchev–Trinajstić information content (AvgIpc) is 3.54. The average molecular weight is 604 g/mol. The molecule has 3 heterocycles. The van der Waals surface area contributed by atoms with Gasteiger partial charge in [-0.25, -0.2) is 0 Å². The molecule has 1 spiro atoms. The van der Waals surface area contributed by atoms with Crippen molar-refractivity contribution >= 4 is 26.8 Å². The topological polar surface area (TPSA) is 115 Å². The molecule has 2 saturated carbocycles. The molecule has 1 aromatic heterocycles. The van der Waals surface area contributed by atoms with Gasteiger partial charge < -0.3 is 19.6 Å². The number of aromatic nitrogens is 1. The summed E-state index contributed by atoms with van der Waals surface area (Å²) in [4.78, 5) is 17.3. The highest BCUT2D eigenvalue weighted by Crippen LogP contribution is 2.72. The fourth-order valence-corrected chi connectivity index (χ4v) is 10.5. The van der Waals surface area contributed by atoms with E-state index in [4.69, 9.17) is 13.7 Å². The third-order valence-electron chi connectivity index (χ3n) is 11.8. The van der Waals surface area contributed by atoms with Gasteiger partial charge in [0.1, 0.15) is 17.3 Å². The highest BCUT2D eigenvalue weighted by Gasteiger charge is 2.78. The number of hydrogen-bond donors (Lipinski definition) is 2. The minimum absolute atomic E-state index is 0.0214. The molecule has 1 unspecified atom stereocenters. The first-order valence-corrected chi connectivity index (χ1v) is 16.5. The smallest absolute Gasteiger partial charge is 0.297 e. The lowest BCUT2D eigenvalue weighted by molar-refractivity contribution is -0.269. The Bertz CT molecular complexity index is 1860. The van der Waals surface area contributed by atoms with Gasteiger partial charge in [-0.1, -0.05) is 49.7 Å². The Balaban J connectivity index is 1.34. The van der Waals surface area contributed by atoms with Crippen LogP contribution in [0, 0.1) is 18.3 Å². The molecule has 3 aromatic rings. The molecule has 2 aromatic carbocycles. The number of nitrogens with one attached hydrogen (secondary N) is 1. The summed E-state index contributed by atoms with van der Waals surface area (Å²) in [6.45, 7) is 9.73. The molecule has 5 aliphatic rings. The summed E-state index contributed by atoms with van der Waals surface area (Å²) >= 11 is 0. The van der Waals surface area contributed by atoms with Crippen molar-refractivity contribution in [2.24, 2.45) is 11.3 Å². The summed E-state index contributed by atoms with van der Waals surface area (Å²) in [6.07, 6.45) is 1.35. The van der Waals surface area contributed by atoms with Gasteiger partial charge in [-0.05, 0) is 75.8 Å². The molecule has 3 fully saturated rings. The number of carbonyl (C=O) groups is 1. The summed E-state index contributed by atoms with van der Waals surface area (Å²) in [6, 6.07) is 14.7. The lowest BCUT2D eigenvalue weighted by Gasteiger charge is -2.67. The minimum atomic E-state index is -4.28. The van der Waals surface area contributed by atoms with Gasteiger partial charge in [0.05, 0.1) is 4.90 Å². The maximum atomic E-state index is 13.8. The summed E-state index contributed by atoms with van der Waals surface area (Å²) in [5.41, 5.74) is 0.107. The first-order valence-electron chi connectivity index (χ1n) is 15.1. The normalized spacial score (nSPS) is 39.2. The standard InChI is InChI=1S/C34H37NO7S/c1-19-10-12-21(13-11-19)43(38,39)41-27-17-20-16-23-22-8-6-7-9-24(22)35-28(23)32(20,5)31(4)14-15-33-26(34(27,31)37)18-25(36)29(40-33)30(2,3)42-33/h6-13,18,20,27,29,35,37H,14-17H2,1-5H3/t20-,27+,29+,31-,32-,33?,34+/m1/s1. The Kier molecular flexibility index (Phi) is 5.32. The predicted octanol–water partition coefficient (Wildman–Crippen LogP) is 5.01. The first-order chi connectivity index (χ1) is 20.2. The number of H-pyrrole nitrogens is 1. The van der Waals surface area contributed by atoms with E-state index < -0.39 is 50.1 Å². The van der Waals surface area contributed by atoms with E-state index in [1.54, 1.807) is 12.1 Å². The Labute approximate surface area is 251 Å². The van der Waals surface area contributed by atoms with Gasteiger partial charge in [0.15, 0.2) is 17.7 Å². The van der Waals surface area contributed by atoms with Crippen LogP contribution in [0.1, 0.15) is 63.8 Å². The number of rotatable bonds is 3. The van der Waals surface area contributed by atoms with Crippen LogP contribution in [-0.2, 0) is 40.4 Å². The molecule has 3 aliphatic carbocycles. The number of benzene rings is 2. The van der Waals surface area contributed by atoms with E-state index in [1.807, 2.05) is 39.8 Å². The zero-order valence-electron chi connectivity index (χ0n) is 25.1. The number of aliphatic hydroxyl groups is 1. The summed E-state index contributed by atoms with van der Waals surface area (Å²) in [7, 11) is -4.28. The van der Waals surface area contributed by atoms with Crippen molar-refractivity contribution in [3.05, 3.63) is 77.0 Å². The number of aryl methyl sites for hydroxylation is 1. The van der Waals surface area contributed by atoms with Crippen LogP contribution >= 0.6 is 0 Å². The van der Waals surface area contributed by atoms with Crippen LogP contribution in [0.4, 0.5) is 0 Å². The van der Waals surface area contributed by atoms with Gasteiger partial charge in [-0.3, -0.25) is 8.98 Å². The van der Waals surface area contributed by atoms with Crippen LogP contribution in [0.25, 0.3) is 10.9 Å². The molecule has 43 heavy (non-hydrogen) atoms. The Hall–Kier alpha value is -2.82. The van der Waals surface area contributed by atoms with Gasteiger partial charge >= 0.3 is 0 Å².